The highest BCUT2D eigenvalue weighted by atomic mass is 16.2. The summed E-state index contributed by atoms with van der Waals surface area (Å²) in [6.45, 7) is 6.78. The highest BCUT2D eigenvalue weighted by molar-refractivity contribution is 5.99. The lowest BCUT2D eigenvalue weighted by Crippen LogP contribution is -2.28. The van der Waals surface area contributed by atoms with Crippen molar-refractivity contribution in [3.05, 3.63) is 41.9 Å². The summed E-state index contributed by atoms with van der Waals surface area (Å²) in [6, 6.07) is 1.91. The van der Waals surface area contributed by atoms with Crippen LogP contribution in [-0.2, 0) is 4.79 Å². The van der Waals surface area contributed by atoms with Crippen LogP contribution in [0.4, 0.5) is 0 Å². The standard InChI is InChI=1S/C17H21N5O2/c1-11(2)16(23)21-8-6-12(10-21)14-5-7-18-15-13(9-19-22(14)15)17(24)20(3)4/h5,7,9,12H,1,6,8,10H2,2-4H3. The molecule has 126 valence electrons. The molecule has 2 aromatic heterocycles. The number of nitrogens with zero attached hydrogens (tertiary/aromatic N) is 5. The highest BCUT2D eigenvalue weighted by Gasteiger charge is 2.30. The zero-order valence-corrected chi connectivity index (χ0v) is 14.2. The van der Waals surface area contributed by atoms with Crippen molar-refractivity contribution in [1.82, 2.24) is 24.4 Å². The van der Waals surface area contributed by atoms with Crippen LogP contribution in [0.3, 0.4) is 0 Å². The molecule has 0 saturated carbocycles. The van der Waals surface area contributed by atoms with Gasteiger partial charge in [0.2, 0.25) is 5.91 Å². The first-order valence-corrected chi connectivity index (χ1v) is 7.89. The van der Waals surface area contributed by atoms with E-state index in [1.807, 2.05) is 11.0 Å². The van der Waals surface area contributed by atoms with E-state index in [0.717, 1.165) is 12.1 Å². The summed E-state index contributed by atoms with van der Waals surface area (Å²) >= 11 is 0. The summed E-state index contributed by atoms with van der Waals surface area (Å²) < 4.78 is 1.72. The second-order valence-corrected chi connectivity index (χ2v) is 6.38. The third kappa shape index (κ3) is 2.66. The van der Waals surface area contributed by atoms with Crippen LogP contribution < -0.4 is 0 Å². The number of amides is 2. The van der Waals surface area contributed by atoms with E-state index < -0.39 is 0 Å². The minimum absolute atomic E-state index is 0.00765. The molecular formula is C17H21N5O2. The summed E-state index contributed by atoms with van der Waals surface area (Å²) in [7, 11) is 3.40. The molecule has 1 fully saturated rings. The topological polar surface area (TPSA) is 70.8 Å². The van der Waals surface area contributed by atoms with Crippen LogP contribution >= 0.6 is 0 Å². The van der Waals surface area contributed by atoms with Crippen LogP contribution in [-0.4, -0.2) is 63.4 Å². The number of fused-ring (bicyclic) bond motifs is 1. The van der Waals surface area contributed by atoms with Crippen molar-refractivity contribution in [2.45, 2.75) is 19.3 Å². The second-order valence-electron chi connectivity index (χ2n) is 6.38. The predicted octanol–water partition coefficient (Wildman–Crippen LogP) is 1.32. The number of carbonyl (C=O) groups excluding carboxylic acids is 2. The van der Waals surface area contributed by atoms with Crippen LogP contribution in [0.15, 0.2) is 30.6 Å². The van der Waals surface area contributed by atoms with E-state index in [-0.39, 0.29) is 17.7 Å². The van der Waals surface area contributed by atoms with Gasteiger partial charge in [-0.05, 0) is 19.4 Å². The Balaban J connectivity index is 1.93. The SMILES string of the molecule is C=C(C)C(=O)N1CCC(c2ccnc3c(C(=O)N(C)C)cnn23)C1. The number of carbonyl (C=O) groups is 2. The summed E-state index contributed by atoms with van der Waals surface area (Å²) in [5, 5.41) is 4.36. The van der Waals surface area contributed by atoms with Crippen LogP contribution in [0.5, 0.6) is 0 Å². The van der Waals surface area contributed by atoms with Crippen LogP contribution in [0.1, 0.15) is 35.3 Å². The molecule has 1 aliphatic heterocycles. The van der Waals surface area contributed by atoms with Crippen LogP contribution in [0.2, 0.25) is 0 Å². The molecule has 1 saturated heterocycles. The van der Waals surface area contributed by atoms with Crippen molar-refractivity contribution < 1.29 is 9.59 Å². The maximum absolute atomic E-state index is 12.2. The Hall–Kier alpha value is -2.70. The van der Waals surface area contributed by atoms with Crippen molar-refractivity contribution in [1.29, 1.82) is 0 Å². The van der Waals surface area contributed by atoms with Gasteiger partial charge in [-0.25, -0.2) is 9.50 Å². The molecule has 0 bridgehead atoms. The predicted molar refractivity (Wildman–Crippen MR) is 89.8 cm³/mol. The van der Waals surface area contributed by atoms with Gasteiger partial charge in [-0.15, -0.1) is 0 Å². The Morgan fingerprint density at radius 2 is 2.12 bits per heavy atom. The second kappa shape index (κ2) is 6.07. The molecular weight excluding hydrogens is 306 g/mol. The fourth-order valence-corrected chi connectivity index (χ4v) is 3.07. The van der Waals surface area contributed by atoms with Gasteiger partial charge in [0.05, 0.1) is 11.9 Å². The Bertz CT molecular complexity index is 823. The van der Waals surface area contributed by atoms with Gasteiger partial charge in [0, 0.05) is 44.9 Å². The molecule has 7 nitrogen and oxygen atoms in total. The molecule has 3 rings (SSSR count). The van der Waals surface area contributed by atoms with Crippen molar-refractivity contribution in [2.24, 2.45) is 0 Å². The average Bonchev–Trinajstić information content (AvgIpc) is 3.19. The molecule has 0 N–H and O–H groups in total. The lowest BCUT2D eigenvalue weighted by Gasteiger charge is -2.17. The fraction of sp³-hybridized carbons (Fsp3) is 0.412. The monoisotopic (exact) mass is 327 g/mol. The van der Waals surface area contributed by atoms with Gasteiger partial charge < -0.3 is 9.80 Å². The van der Waals surface area contributed by atoms with Gasteiger partial charge in [0.1, 0.15) is 5.56 Å². The van der Waals surface area contributed by atoms with Gasteiger partial charge in [-0.3, -0.25) is 9.59 Å². The molecule has 3 heterocycles. The molecule has 24 heavy (non-hydrogen) atoms. The number of rotatable bonds is 3. The molecule has 0 aromatic carbocycles. The summed E-state index contributed by atoms with van der Waals surface area (Å²) in [4.78, 5) is 32.0. The quantitative estimate of drug-likeness (QED) is 0.797. The van der Waals surface area contributed by atoms with Gasteiger partial charge in [-0.1, -0.05) is 6.58 Å². The first kappa shape index (κ1) is 16.2. The maximum atomic E-state index is 12.2. The Kier molecular flexibility index (Phi) is 4.09. The number of hydrogen-bond donors (Lipinski definition) is 0. The van der Waals surface area contributed by atoms with Crippen LogP contribution in [0, 0.1) is 0 Å². The Morgan fingerprint density at radius 3 is 2.79 bits per heavy atom. The van der Waals surface area contributed by atoms with E-state index in [4.69, 9.17) is 0 Å². The summed E-state index contributed by atoms with van der Waals surface area (Å²) in [5.74, 6) is 0.0351. The molecule has 1 aliphatic rings. The lowest BCUT2D eigenvalue weighted by atomic mass is 10.0. The minimum atomic E-state index is -0.125. The molecule has 2 amide bonds. The fourth-order valence-electron chi connectivity index (χ4n) is 3.07. The van der Waals surface area contributed by atoms with Gasteiger partial charge in [-0.2, -0.15) is 5.10 Å². The molecule has 2 aromatic rings. The van der Waals surface area contributed by atoms with E-state index in [1.54, 1.807) is 37.9 Å². The van der Waals surface area contributed by atoms with E-state index in [0.29, 0.717) is 29.9 Å². The third-order valence-electron chi connectivity index (χ3n) is 4.33. The first-order chi connectivity index (χ1) is 11.4. The third-order valence-corrected chi connectivity index (χ3v) is 4.33. The zero-order valence-electron chi connectivity index (χ0n) is 14.2. The van der Waals surface area contributed by atoms with E-state index in [9.17, 15) is 9.59 Å². The average molecular weight is 327 g/mol. The number of aromatic nitrogens is 3. The van der Waals surface area contributed by atoms with Gasteiger partial charge in [0.25, 0.3) is 5.91 Å². The maximum Gasteiger partial charge on any atom is 0.258 e. The molecule has 0 spiro atoms. The van der Waals surface area contributed by atoms with Crippen molar-refractivity contribution >= 4 is 17.5 Å². The molecule has 7 heteroatoms. The van der Waals surface area contributed by atoms with Gasteiger partial charge >= 0.3 is 0 Å². The van der Waals surface area contributed by atoms with E-state index >= 15 is 0 Å². The smallest absolute Gasteiger partial charge is 0.258 e. The Labute approximate surface area is 140 Å². The zero-order chi connectivity index (χ0) is 17.4. The van der Waals surface area contributed by atoms with Crippen molar-refractivity contribution in [3.8, 4) is 0 Å². The first-order valence-electron chi connectivity index (χ1n) is 7.89. The highest BCUT2D eigenvalue weighted by Crippen LogP contribution is 2.28. The Morgan fingerprint density at radius 1 is 1.38 bits per heavy atom. The number of likely N-dealkylation sites (tertiary alicyclic amines) is 1. The normalized spacial score (nSPS) is 17.3. The van der Waals surface area contributed by atoms with Crippen molar-refractivity contribution in [3.63, 3.8) is 0 Å². The largest absolute Gasteiger partial charge is 0.345 e. The minimum Gasteiger partial charge on any atom is -0.345 e. The van der Waals surface area contributed by atoms with Crippen LogP contribution in [0.25, 0.3) is 5.65 Å². The molecule has 1 atom stereocenters. The van der Waals surface area contributed by atoms with Crippen molar-refractivity contribution in [2.75, 3.05) is 27.2 Å². The summed E-state index contributed by atoms with van der Waals surface area (Å²) in [5.41, 5.74) is 2.55. The van der Waals surface area contributed by atoms with E-state index in [2.05, 4.69) is 16.7 Å². The molecule has 0 radical (unpaired) electrons. The van der Waals surface area contributed by atoms with Gasteiger partial charge in [0.15, 0.2) is 5.65 Å². The molecule has 1 unspecified atom stereocenters. The number of hydrogen-bond acceptors (Lipinski definition) is 4. The van der Waals surface area contributed by atoms with E-state index in [1.165, 1.54) is 4.90 Å². The summed E-state index contributed by atoms with van der Waals surface area (Å²) in [6.07, 6.45) is 4.11. The lowest BCUT2D eigenvalue weighted by molar-refractivity contribution is -0.126. The molecule has 0 aliphatic carbocycles.